The summed E-state index contributed by atoms with van der Waals surface area (Å²) in [4.78, 5) is 12.5. The van der Waals surface area contributed by atoms with Gasteiger partial charge < -0.3 is 19.9 Å². The fourth-order valence-corrected chi connectivity index (χ4v) is 2.15. The first-order chi connectivity index (χ1) is 10.7. The van der Waals surface area contributed by atoms with Crippen LogP contribution in [-0.2, 0) is 6.42 Å². The molecular weight excluding hydrogens is 282 g/mol. The standard InChI is InChI=1S/C17H19NO4/c1-21-14-4-3-5-15(22-2)16(14)17(20)18-13-8-6-12(7-9-13)10-11-19/h3-9,19H,10-11H2,1-2H3,(H,18,20). The molecule has 0 saturated heterocycles. The van der Waals surface area contributed by atoms with Crippen molar-refractivity contribution < 1.29 is 19.4 Å². The minimum Gasteiger partial charge on any atom is -0.496 e. The van der Waals surface area contributed by atoms with Crippen molar-refractivity contribution in [2.24, 2.45) is 0 Å². The second kappa shape index (κ2) is 7.47. The van der Waals surface area contributed by atoms with Gasteiger partial charge in [-0.1, -0.05) is 18.2 Å². The molecular formula is C17H19NO4. The summed E-state index contributed by atoms with van der Waals surface area (Å²) in [5, 5.41) is 11.7. The molecule has 0 aliphatic rings. The van der Waals surface area contributed by atoms with Crippen LogP contribution in [-0.4, -0.2) is 31.8 Å². The van der Waals surface area contributed by atoms with Gasteiger partial charge in [0, 0.05) is 12.3 Å². The van der Waals surface area contributed by atoms with Crippen molar-refractivity contribution in [1.29, 1.82) is 0 Å². The number of carbonyl (C=O) groups is 1. The van der Waals surface area contributed by atoms with E-state index in [4.69, 9.17) is 14.6 Å². The lowest BCUT2D eigenvalue weighted by molar-refractivity contribution is 0.102. The Morgan fingerprint density at radius 2 is 1.64 bits per heavy atom. The highest BCUT2D eigenvalue weighted by atomic mass is 16.5. The number of benzene rings is 2. The van der Waals surface area contributed by atoms with Crippen molar-refractivity contribution in [3.63, 3.8) is 0 Å². The second-order valence-corrected chi connectivity index (χ2v) is 4.66. The van der Waals surface area contributed by atoms with Crippen molar-refractivity contribution in [3.05, 3.63) is 53.6 Å². The van der Waals surface area contributed by atoms with Gasteiger partial charge in [-0.2, -0.15) is 0 Å². The van der Waals surface area contributed by atoms with E-state index < -0.39 is 0 Å². The molecule has 2 aromatic carbocycles. The minimum atomic E-state index is -0.302. The zero-order valence-corrected chi connectivity index (χ0v) is 12.6. The lowest BCUT2D eigenvalue weighted by Gasteiger charge is -2.13. The summed E-state index contributed by atoms with van der Waals surface area (Å²) in [6.07, 6.45) is 0.592. The van der Waals surface area contributed by atoms with Crippen molar-refractivity contribution >= 4 is 11.6 Å². The van der Waals surface area contributed by atoms with Crippen LogP contribution in [0.25, 0.3) is 0 Å². The normalized spacial score (nSPS) is 10.1. The van der Waals surface area contributed by atoms with Crippen LogP contribution >= 0.6 is 0 Å². The molecule has 0 aromatic heterocycles. The largest absolute Gasteiger partial charge is 0.496 e. The van der Waals surface area contributed by atoms with E-state index >= 15 is 0 Å². The first kappa shape index (κ1) is 15.9. The van der Waals surface area contributed by atoms with E-state index in [-0.39, 0.29) is 12.5 Å². The molecule has 22 heavy (non-hydrogen) atoms. The highest BCUT2D eigenvalue weighted by Crippen LogP contribution is 2.29. The van der Waals surface area contributed by atoms with Gasteiger partial charge in [-0.3, -0.25) is 4.79 Å². The quantitative estimate of drug-likeness (QED) is 0.860. The predicted octanol–water partition coefficient (Wildman–Crippen LogP) is 2.49. The highest BCUT2D eigenvalue weighted by molar-refractivity contribution is 6.08. The zero-order chi connectivity index (χ0) is 15.9. The maximum atomic E-state index is 12.5. The van der Waals surface area contributed by atoms with Gasteiger partial charge in [-0.25, -0.2) is 0 Å². The Kier molecular flexibility index (Phi) is 5.38. The third kappa shape index (κ3) is 3.56. The van der Waals surface area contributed by atoms with E-state index in [1.165, 1.54) is 14.2 Å². The van der Waals surface area contributed by atoms with Crippen LogP contribution in [0.3, 0.4) is 0 Å². The van der Waals surface area contributed by atoms with E-state index in [0.29, 0.717) is 29.2 Å². The lowest BCUT2D eigenvalue weighted by Crippen LogP contribution is -2.14. The molecule has 0 radical (unpaired) electrons. The Morgan fingerprint density at radius 3 is 2.14 bits per heavy atom. The number of rotatable bonds is 6. The number of ether oxygens (including phenoxy) is 2. The third-order valence-corrected chi connectivity index (χ3v) is 3.27. The molecule has 0 unspecified atom stereocenters. The smallest absolute Gasteiger partial charge is 0.263 e. The molecule has 0 saturated carbocycles. The molecule has 0 aliphatic carbocycles. The Labute approximate surface area is 129 Å². The number of hydrogen-bond acceptors (Lipinski definition) is 4. The molecule has 0 atom stereocenters. The van der Waals surface area contributed by atoms with Gasteiger partial charge in [0.1, 0.15) is 17.1 Å². The maximum Gasteiger partial charge on any atom is 0.263 e. The number of aliphatic hydroxyl groups excluding tert-OH is 1. The molecule has 0 fully saturated rings. The monoisotopic (exact) mass is 301 g/mol. The van der Waals surface area contributed by atoms with Crippen molar-refractivity contribution in [3.8, 4) is 11.5 Å². The SMILES string of the molecule is COc1cccc(OC)c1C(=O)Nc1ccc(CCO)cc1. The molecule has 2 aromatic rings. The zero-order valence-electron chi connectivity index (χ0n) is 12.6. The molecule has 1 amide bonds. The molecule has 2 N–H and O–H groups in total. The summed E-state index contributed by atoms with van der Waals surface area (Å²) >= 11 is 0. The molecule has 0 heterocycles. The molecule has 116 valence electrons. The van der Waals surface area contributed by atoms with Crippen LogP contribution in [0.1, 0.15) is 15.9 Å². The fourth-order valence-electron chi connectivity index (χ4n) is 2.15. The first-order valence-electron chi connectivity index (χ1n) is 6.91. The maximum absolute atomic E-state index is 12.5. The first-order valence-corrected chi connectivity index (χ1v) is 6.91. The molecule has 0 aliphatic heterocycles. The minimum absolute atomic E-state index is 0.101. The predicted molar refractivity (Wildman–Crippen MR) is 84.7 cm³/mol. The average Bonchev–Trinajstić information content (AvgIpc) is 2.56. The summed E-state index contributed by atoms with van der Waals surface area (Å²) in [7, 11) is 3.02. The van der Waals surface area contributed by atoms with Crippen molar-refractivity contribution in [2.45, 2.75) is 6.42 Å². The van der Waals surface area contributed by atoms with Gasteiger partial charge >= 0.3 is 0 Å². The van der Waals surface area contributed by atoms with Gasteiger partial charge in [0.15, 0.2) is 0 Å². The Hall–Kier alpha value is -2.53. The summed E-state index contributed by atoms with van der Waals surface area (Å²) < 4.78 is 10.5. The van der Waals surface area contributed by atoms with E-state index in [2.05, 4.69) is 5.32 Å². The number of amides is 1. The Morgan fingerprint density at radius 1 is 1.05 bits per heavy atom. The third-order valence-electron chi connectivity index (χ3n) is 3.27. The summed E-state index contributed by atoms with van der Waals surface area (Å²) in [6, 6.07) is 12.5. The topological polar surface area (TPSA) is 67.8 Å². The number of methoxy groups -OCH3 is 2. The van der Waals surface area contributed by atoms with Gasteiger partial charge in [0.25, 0.3) is 5.91 Å². The lowest BCUT2D eigenvalue weighted by atomic mass is 10.1. The second-order valence-electron chi connectivity index (χ2n) is 4.66. The number of hydrogen-bond donors (Lipinski definition) is 2. The van der Waals surface area contributed by atoms with E-state index in [1.807, 2.05) is 12.1 Å². The van der Waals surface area contributed by atoms with Crippen LogP contribution in [0.15, 0.2) is 42.5 Å². The number of nitrogens with one attached hydrogen (secondary N) is 1. The molecule has 5 heteroatoms. The molecule has 2 rings (SSSR count). The van der Waals surface area contributed by atoms with Crippen LogP contribution in [0, 0.1) is 0 Å². The van der Waals surface area contributed by atoms with Gasteiger partial charge in [-0.15, -0.1) is 0 Å². The van der Waals surface area contributed by atoms with E-state index in [1.54, 1.807) is 30.3 Å². The van der Waals surface area contributed by atoms with Gasteiger partial charge in [0.05, 0.1) is 14.2 Å². The average molecular weight is 301 g/mol. The Balaban J connectivity index is 2.22. The fraction of sp³-hybridized carbons (Fsp3) is 0.235. The van der Waals surface area contributed by atoms with Gasteiger partial charge in [-0.05, 0) is 36.2 Å². The number of anilines is 1. The molecule has 5 nitrogen and oxygen atoms in total. The summed E-state index contributed by atoms with van der Waals surface area (Å²) in [5.41, 5.74) is 2.03. The summed E-state index contributed by atoms with van der Waals surface area (Å²) in [6.45, 7) is 0.101. The summed E-state index contributed by atoms with van der Waals surface area (Å²) in [5.74, 6) is 0.603. The van der Waals surface area contributed by atoms with Crippen LogP contribution in [0.5, 0.6) is 11.5 Å². The highest BCUT2D eigenvalue weighted by Gasteiger charge is 2.18. The van der Waals surface area contributed by atoms with E-state index in [9.17, 15) is 4.79 Å². The van der Waals surface area contributed by atoms with E-state index in [0.717, 1.165) is 5.56 Å². The van der Waals surface area contributed by atoms with Gasteiger partial charge in [0.2, 0.25) is 0 Å². The van der Waals surface area contributed by atoms with Crippen molar-refractivity contribution in [2.75, 3.05) is 26.1 Å². The van der Waals surface area contributed by atoms with Crippen LogP contribution in [0.2, 0.25) is 0 Å². The Bertz CT molecular complexity index is 615. The van der Waals surface area contributed by atoms with Crippen molar-refractivity contribution in [1.82, 2.24) is 0 Å². The number of carbonyl (C=O) groups excluding carboxylic acids is 1. The number of aliphatic hydroxyl groups is 1. The molecule has 0 bridgehead atoms. The van der Waals surface area contributed by atoms with Crippen LogP contribution < -0.4 is 14.8 Å². The van der Waals surface area contributed by atoms with Crippen LogP contribution in [0.4, 0.5) is 5.69 Å². The molecule has 0 spiro atoms.